The Hall–Kier alpha value is -2.30. The smallest absolute Gasteiger partial charge is 0.410 e. The number of nitrogens with zero attached hydrogens (tertiary/aromatic N) is 2. The van der Waals surface area contributed by atoms with Gasteiger partial charge in [-0.1, -0.05) is 42.4 Å². The van der Waals surface area contributed by atoms with Crippen molar-refractivity contribution in [3.63, 3.8) is 0 Å². The molecule has 26 heavy (non-hydrogen) atoms. The van der Waals surface area contributed by atoms with Crippen LogP contribution >= 0.6 is 0 Å². The molecule has 2 aliphatic heterocycles. The quantitative estimate of drug-likeness (QED) is 0.794. The predicted molar refractivity (Wildman–Crippen MR) is 103 cm³/mol. The van der Waals surface area contributed by atoms with Crippen LogP contribution in [0.15, 0.2) is 35.5 Å². The normalized spacial score (nSPS) is 20.3. The number of rotatable bonds is 3. The fourth-order valence-electron chi connectivity index (χ4n) is 3.12. The highest BCUT2D eigenvalue weighted by Gasteiger charge is 2.24. The van der Waals surface area contributed by atoms with E-state index in [1.165, 1.54) is 11.1 Å². The Morgan fingerprint density at radius 2 is 1.96 bits per heavy atom. The van der Waals surface area contributed by atoms with E-state index >= 15 is 0 Å². The van der Waals surface area contributed by atoms with Gasteiger partial charge in [-0.3, -0.25) is 0 Å². The number of carbonyl (C=O) groups is 1. The maximum absolute atomic E-state index is 12.1. The van der Waals surface area contributed by atoms with Gasteiger partial charge in [-0.15, -0.1) is 0 Å². The molecule has 1 aromatic rings. The number of hydrogen-bond donors (Lipinski definition) is 0. The van der Waals surface area contributed by atoms with Crippen molar-refractivity contribution in [2.75, 3.05) is 13.1 Å². The average molecular weight is 356 g/mol. The van der Waals surface area contributed by atoms with Gasteiger partial charge in [0, 0.05) is 19.5 Å². The summed E-state index contributed by atoms with van der Waals surface area (Å²) in [5, 5.41) is 4.20. The summed E-state index contributed by atoms with van der Waals surface area (Å²) < 4.78 is 5.44. The van der Waals surface area contributed by atoms with Crippen molar-refractivity contribution < 1.29 is 14.4 Å². The lowest BCUT2D eigenvalue weighted by Crippen LogP contribution is -2.39. The average Bonchev–Trinajstić information content (AvgIpc) is 3.10. The lowest BCUT2D eigenvalue weighted by atomic mass is 9.96. The minimum Gasteiger partial charge on any atom is -0.444 e. The molecule has 1 aromatic carbocycles. The minimum absolute atomic E-state index is 0.213. The molecule has 3 rings (SSSR count). The Balaban J connectivity index is 1.61. The number of amides is 1. The maximum atomic E-state index is 12.1. The van der Waals surface area contributed by atoms with Gasteiger partial charge in [0.05, 0.1) is 5.71 Å². The molecule has 0 saturated heterocycles. The lowest BCUT2D eigenvalue weighted by Gasteiger charge is -2.29. The number of carbonyl (C=O) groups excluding carboxylic acids is 1. The molecule has 140 valence electrons. The van der Waals surface area contributed by atoms with Crippen molar-refractivity contribution in [2.45, 2.75) is 58.7 Å². The van der Waals surface area contributed by atoms with E-state index in [2.05, 4.69) is 42.4 Å². The van der Waals surface area contributed by atoms with Crippen LogP contribution in [0.4, 0.5) is 4.79 Å². The summed E-state index contributed by atoms with van der Waals surface area (Å²) >= 11 is 0. The third kappa shape index (κ3) is 4.45. The minimum atomic E-state index is -0.458. The topological polar surface area (TPSA) is 51.1 Å². The van der Waals surface area contributed by atoms with Crippen LogP contribution in [0.3, 0.4) is 0 Å². The zero-order valence-corrected chi connectivity index (χ0v) is 16.1. The van der Waals surface area contributed by atoms with E-state index in [4.69, 9.17) is 9.57 Å². The highest BCUT2D eigenvalue weighted by Crippen LogP contribution is 2.25. The first kappa shape index (κ1) is 18.5. The van der Waals surface area contributed by atoms with Crippen LogP contribution < -0.4 is 0 Å². The number of hydrogen-bond acceptors (Lipinski definition) is 4. The van der Waals surface area contributed by atoms with Crippen LogP contribution in [0.5, 0.6) is 0 Å². The Labute approximate surface area is 155 Å². The van der Waals surface area contributed by atoms with Crippen LogP contribution in [0.2, 0.25) is 0 Å². The van der Waals surface area contributed by atoms with Gasteiger partial charge < -0.3 is 14.5 Å². The summed E-state index contributed by atoms with van der Waals surface area (Å²) in [6.45, 7) is 9.05. The van der Waals surface area contributed by atoms with Gasteiger partial charge in [-0.05, 0) is 50.3 Å². The number of oxime groups is 1. The van der Waals surface area contributed by atoms with Crippen molar-refractivity contribution in [1.82, 2.24) is 4.90 Å². The summed E-state index contributed by atoms with van der Waals surface area (Å²) in [7, 11) is 0. The molecule has 0 radical (unpaired) electrons. The van der Waals surface area contributed by atoms with Crippen LogP contribution in [-0.4, -0.2) is 41.5 Å². The van der Waals surface area contributed by atoms with Gasteiger partial charge >= 0.3 is 6.09 Å². The molecule has 2 heterocycles. The molecule has 0 bridgehead atoms. The SMILES string of the molecule is CCC1CC(c2ccc(C3=CCN(C(=O)OC(C)(C)C)CC3)cc2)=NO1. The lowest BCUT2D eigenvalue weighted by molar-refractivity contribution is 0.0270. The Morgan fingerprint density at radius 3 is 2.50 bits per heavy atom. The summed E-state index contributed by atoms with van der Waals surface area (Å²) in [6, 6.07) is 8.48. The third-order valence-corrected chi connectivity index (χ3v) is 4.64. The van der Waals surface area contributed by atoms with Crippen molar-refractivity contribution in [3.05, 3.63) is 41.5 Å². The van der Waals surface area contributed by atoms with E-state index in [1.807, 2.05) is 20.8 Å². The zero-order chi connectivity index (χ0) is 18.7. The molecular weight excluding hydrogens is 328 g/mol. The molecule has 5 nitrogen and oxygen atoms in total. The molecule has 0 N–H and O–H groups in total. The number of benzene rings is 1. The van der Waals surface area contributed by atoms with Crippen molar-refractivity contribution in [3.8, 4) is 0 Å². The molecule has 2 aliphatic rings. The first-order valence-electron chi connectivity index (χ1n) is 9.36. The molecule has 1 amide bonds. The van der Waals surface area contributed by atoms with Crippen molar-refractivity contribution in [1.29, 1.82) is 0 Å². The first-order valence-corrected chi connectivity index (χ1v) is 9.36. The third-order valence-electron chi connectivity index (χ3n) is 4.64. The highest BCUT2D eigenvalue weighted by molar-refractivity contribution is 6.01. The van der Waals surface area contributed by atoms with Crippen LogP contribution in [-0.2, 0) is 9.57 Å². The molecular formula is C21H28N2O3. The Kier molecular flexibility index (Phi) is 5.35. The van der Waals surface area contributed by atoms with E-state index in [1.54, 1.807) is 4.90 Å². The standard InChI is InChI=1S/C21H28N2O3/c1-5-18-14-19(22-26-18)17-8-6-15(7-9-17)16-10-12-23(13-11-16)20(24)25-21(2,3)4/h6-10,18H,5,11-14H2,1-4H3. The van der Waals surface area contributed by atoms with E-state index in [9.17, 15) is 4.79 Å². The fourth-order valence-corrected chi connectivity index (χ4v) is 3.12. The Bertz CT molecular complexity index is 714. The molecule has 0 aliphatic carbocycles. The van der Waals surface area contributed by atoms with Crippen LogP contribution in [0, 0.1) is 0 Å². The molecule has 0 aromatic heterocycles. The molecule has 1 atom stereocenters. The zero-order valence-electron chi connectivity index (χ0n) is 16.1. The van der Waals surface area contributed by atoms with Crippen molar-refractivity contribution in [2.24, 2.45) is 5.16 Å². The monoisotopic (exact) mass is 356 g/mol. The Morgan fingerprint density at radius 1 is 1.27 bits per heavy atom. The first-order chi connectivity index (χ1) is 12.4. The fraction of sp³-hybridized carbons (Fsp3) is 0.524. The summed E-state index contributed by atoms with van der Waals surface area (Å²) in [4.78, 5) is 19.3. The van der Waals surface area contributed by atoms with Crippen molar-refractivity contribution >= 4 is 17.4 Å². The number of ether oxygens (including phenoxy) is 1. The summed E-state index contributed by atoms with van der Waals surface area (Å²) in [5.41, 5.74) is 4.16. The molecule has 5 heteroatoms. The molecule has 1 unspecified atom stereocenters. The molecule has 0 fully saturated rings. The maximum Gasteiger partial charge on any atom is 0.410 e. The highest BCUT2D eigenvalue weighted by atomic mass is 16.6. The van der Waals surface area contributed by atoms with Gasteiger partial charge in [0.1, 0.15) is 11.7 Å². The van der Waals surface area contributed by atoms with E-state index in [0.717, 1.165) is 30.5 Å². The second-order valence-corrected chi connectivity index (χ2v) is 7.86. The summed E-state index contributed by atoms with van der Waals surface area (Å²) in [6.07, 6.45) is 4.78. The van der Waals surface area contributed by atoms with Gasteiger partial charge in [0.2, 0.25) is 0 Å². The predicted octanol–water partition coefficient (Wildman–Crippen LogP) is 4.61. The largest absolute Gasteiger partial charge is 0.444 e. The molecule has 0 spiro atoms. The van der Waals surface area contributed by atoms with Gasteiger partial charge in [0.15, 0.2) is 0 Å². The second-order valence-electron chi connectivity index (χ2n) is 7.86. The van der Waals surface area contributed by atoms with Gasteiger partial charge in [-0.25, -0.2) is 4.79 Å². The van der Waals surface area contributed by atoms with Crippen LogP contribution in [0.1, 0.15) is 58.1 Å². The molecule has 0 saturated carbocycles. The summed E-state index contributed by atoms with van der Waals surface area (Å²) in [5.74, 6) is 0. The van der Waals surface area contributed by atoms with E-state index in [0.29, 0.717) is 13.1 Å². The van der Waals surface area contributed by atoms with E-state index < -0.39 is 5.60 Å². The van der Waals surface area contributed by atoms with E-state index in [-0.39, 0.29) is 12.2 Å². The second kappa shape index (κ2) is 7.52. The van der Waals surface area contributed by atoms with Crippen LogP contribution in [0.25, 0.3) is 5.57 Å². The van der Waals surface area contributed by atoms with Gasteiger partial charge in [-0.2, -0.15) is 0 Å². The van der Waals surface area contributed by atoms with Gasteiger partial charge in [0.25, 0.3) is 0 Å².